The van der Waals surface area contributed by atoms with E-state index in [2.05, 4.69) is 9.80 Å². The van der Waals surface area contributed by atoms with E-state index < -0.39 is 6.29 Å². The lowest BCUT2D eigenvalue weighted by molar-refractivity contribution is 0.121. The van der Waals surface area contributed by atoms with E-state index in [4.69, 9.17) is 34.7 Å². The lowest BCUT2D eigenvalue weighted by Crippen LogP contribution is -2.58. The number of rotatable bonds is 3. The molecule has 4 rings (SSSR count). The monoisotopic (exact) mass is 398 g/mol. The maximum atomic E-state index is 6.69. The van der Waals surface area contributed by atoms with Gasteiger partial charge < -0.3 is 10.6 Å². The summed E-state index contributed by atoms with van der Waals surface area (Å²) in [7, 11) is 0. The van der Waals surface area contributed by atoms with Crippen LogP contribution in [0, 0.1) is 0 Å². The number of halogens is 2. The number of hydrogen-bond acceptors (Lipinski definition) is 4. The van der Waals surface area contributed by atoms with Gasteiger partial charge in [0.2, 0.25) is 0 Å². The Morgan fingerprint density at radius 1 is 0.815 bits per heavy atom. The first-order chi connectivity index (χ1) is 13.0. The minimum Gasteiger partial charge on any atom is -0.312 e. The van der Waals surface area contributed by atoms with Crippen molar-refractivity contribution in [2.24, 2.45) is 11.5 Å². The predicted octanol–water partition coefficient (Wildman–Crippen LogP) is 4.85. The van der Waals surface area contributed by atoms with Crippen LogP contribution in [0.4, 0.5) is 11.4 Å². The third-order valence-electron chi connectivity index (χ3n) is 4.82. The molecule has 1 aliphatic rings. The van der Waals surface area contributed by atoms with Crippen molar-refractivity contribution in [1.82, 2.24) is 4.90 Å². The van der Waals surface area contributed by atoms with Gasteiger partial charge in [0.05, 0.1) is 6.17 Å². The van der Waals surface area contributed by atoms with Gasteiger partial charge in [-0.15, -0.1) is 0 Å². The summed E-state index contributed by atoms with van der Waals surface area (Å²) in [5, 5.41) is 1.35. The molecule has 2 atom stereocenters. The molecular weight excluding hydrogens is 379 g/mol. The molecule has 0 bridgehead atoms. The Morgan fingerprint density at radius 2 is 1.52 bits per heavy atom. The Balaban J connectivity index is 1.78. The molecule has 4 nitrogen and oxygen atoms in total. The molecule has 1 aliphatic heterocycles. The molecule has 0 spiro atoms. The number of anilines is 2. The van der Waals surface area contributed by atoms with Gasteiger partial charge in [-0.05, 0) is 42.0 Å². The van der Waals surface area contributed by atoms with Crippen molar-refractivity contribution in [3.05, 3.63) is 94.0 Å². The van der Waals surface area contributed by atoms with Gasteiger partial charge in [-0.25, -0.2) is 4.90 Å². The van der Waals surface area contributed by atoms with Crippen molar-refractivity contribution >= 4 is 34.6 Å². The molecule has 3 aromatic carbocycles. The van der Waals surface area contributed by atoms with Crippen LogP contribution in [0.2, 0.25) is 10.0 Å². The highest BCUT2D eigenvalue weighted by molar-refractivity contribution is 6.31. The molecule has 0 radical (unpaired) electrons. The highest BCUT2D eigenvalue weighted by atomic mass is 35.5. The van der Waals surface area contributed by atoms with E-state index in [-0.39, 0.29) is 6.17 Å². The highest BCUT2D eigenvalue weighted by Crippen LogP contribution is 2.40. The average Bonchev–Trinajstić information content (AvgIpc) is 2.65. The van der Waals surface area contributed by atoms with E-state index in [1.165, 1.54) is 0 Å². The molecule has 0 aliphatic carbocycles. The molecular formula is C21H20Cl2N4. The first-order valence-electron chi connectivity index (χ1n) is 8.69. The van der Waals surface area contributed by atoms with Crippen LogP contribution in [-0.4, -0.2) is 11.2 Å². The summed E-state index contributed by atoms with van der Waals surface area (Å²) in [6, 6.07) is 23.5. The van der Waals surface area contributed by atoms with Gasteiger partial charge in [-0.2, -0.15) is 0 Å². The Labute approximate surface area is 168 Å². The third kappa shape index (κ3) is 3.55. The molecule has 0 saturated carbocycles. The second-order valence-electron chi connectivity index (χ2n) is 6.57. The van der Waals surface area contributed by atoms with Gasteiger partial charge in [0.15, 0.2) is 0 Å². The van der Waals surface area contributed by atoms with Crippen LogP contribution < -0.4 is 16.4 Å². The molecule has 138 valence electrons. The topological polar surface area (TPSA) is 58.5 Å². The lowest BCUT2D eigenvalue weighted by Gasteiger charge is -2.47. The van der Waals surface area contributed by atoms with Gasteiger partial charge >= 0.3 is 0 Å². The number of hydrogen-bond donors (Lipinski definition) is 2. The molecule has 0 saturated heterocycles. The molecule has 2 unspecified atom stereocenters. The maximum absolute atomic E-state index is 6.69. The molecule has 27 heavy (non-hydrogen) atoms. The van der Waals surface area contributed by atoms with E-state index in [0.29, 0.717) is 16.6 Å². The summed E-state index contributed by atoms with van der Waals surface area (Å²) in [5.74, 6) is 0. The van der Waals surface area contributed by atoms with E-state index in [1.807, 2.05) is 72.8 Å². The van der Waals surface area contributed by atoms with Gasteiger partial charge in [-0.1, -0.05) is 59.6 Å². The summed E-state index contributed by atoms with van der Waals surface area (Å²) >= 11 is 12.4. The van der Waals surface area contributed by atoms with Gasteiger partial charge in [0.25, 0.3) is 0 Å². The second kappa shape index (κ2) is 7.50. The first-order valence-corrected chi connectivity index (χ1v) is 9.45. The average molecular weight is 399 g/mol. The van der Waals surface area contributed by atoms with Crippen molar-refractivity contribution in [2.45, 2.75) is 19.0 Å². The largest absolute Gasteiger partial charge is 0.312 e. The van der Waals surface area contributed by atoms with E-state index >= 15 is 0 Å². The van der Waals surface area contributed by atoms with Crippen LogP contribution in [-0.2, 0) is 6.54 Å². The highest BCUT2D eigenvalue weighted by Gasteiger charge is 2.36. The van der Waals surface area contributed by atoms with Crippen molar-refractivity contribution in [2.75, 3.05) is 4.90 Å². The molecule has 1 heterocycles. The Morgan fingerprint density at radius 3 is 2.26 bits per heavy atom. The van der Waals surface area contributed by atoms with Gasteiger partial charge in [0, 0.05) is 33.5 Å². The quantitative estimate of drug-likeness (QED) is 0.661. The van der Waals surface area contributed by atoms with Crippen LogP contribution in [0.3, 0.4) is 0 Å². The maximum Gasteiger partial charge on any atom is 0.141 e. The molecule has 4 N–H and O–H groups in total. The number of nitrogens with zero attached hydrogens (tertiary/aromatic N) is 2. The zero-order valence-corrected chi connectivity index (χ0v) is 16.1. The van der Waals surface area contributed by atoms with Crippen LogP contribution >= 0.6 is 23.2 Å². The third-order valence-corrected chi connectivity index (χ3v) is 5.29. The van der Waals surface area contributed by atoms with E-state index in [0.717, 1.165) is 22.5 Å². The zero-order chi connectivity index (χ0) is 19.0. The molecule has 0 fully saturated rings. The van der Waals surface area contributed by atoms with E-state index in [1.54, 1.807) is 0 Å². The molecule has 0 amide bonds. The number of nitrogens with two attached hydrogens (primary N) is 2. The Hall–Kier alpha value is -2.08. The predicted molar refractivity (Wildman–Crippen MR) is 112 cm³/mol. The Kier molecular flexibility index (Phi) is 5.08. The normalized spacial score (nSPS) is 19.8. The van der Waals surface area contributed by atoms with Crippen molar-refractivity contribution in [3.63, 3.8) is 0 Å². The SMILES string of the molecule is NC1c2ccccc2N(c2cccc(Cl)c2)C(N)N1Cc1cccc(Cl)c1. The number of fused-ring (bicyclic) bond motifs is 1. The van der Waals surface area contributed by atoms with Crippen molar-refractivity contribution in [3.8, 4) is 0 Å². The summed E-state index contributed by atoms with van der Waals surface area (Å²) in [6.45, 7) is 0.578. The fraction of sp³-hybridized carbons (Fsp3) is 0.143. The molecule has 0 aromatic heterocycles. The summed E-state index contributed by atoms with van der Waals surface area (Å²) in [4.78, 5) is 4.12. The van der Waals surface area contributed by atoms with E-state index in [9.17, 15) is 0 Å². The second-order valence-corrected chi connectivity index (χ2v) is 7.44. The van der Waals surface area contributed by atoms with Crippen LogP contribution in [0.5, 0.6) is 0 Å². The van der Waals surface area contributed by atoms with Gasteiger partial charge in [0.1, 0.15) is 6.29 Å². The summed E-state index contributed by atoms with van der Waals surface area (Å²) < 4.78 is 0. The summed E-state index contributed by atoms with van der Waals surface area (Å²) in [6.07, 6.45) is -0.780. The van der Waals surface area contributed by atoms with Crippen molar-refractivity contribution < 1.29 is 0 Å². The van der Waals surface area contributed by atoms with Crippen LogP contribution in [0.25, 0.3) is 0 Å². The first kappa shape index (κ1) is 18.3. The minimum atomic E-state index is -0.452. The zero-order valence-electron chi connectivity index (χ0n) is 14.6. The summed E-state index contributed by atoms with van der Waals surface area (Å²) in [5.41, 5.74) is 17.3. The van der Waals surface area contributed by atoms with Crippen LogP contribution in [0.1, 0.15) is 17.3 Å². The van der Waals surface area contributed by atoms with Crippen LogP contribution in [0.15, 0.2) is 72.8 Å². The number of benzene rings is 3. The molecule has 3 aromatic rings. The molecule has 6 heteroatoms. The van der Waals surface area contributed by atoms with Gasteiger partial charge in [-0.3, -0.25) is 5.73 Å². The number of para-hydroxylation sites is 1. The lowest BCUT2D eigenvalue weighted by atomic mass is 10.0. The minimum absolute atomic E-state index is 0.328. The standard InChI is InChI=1S/C21H20Cl2N4/c22-15-6-3-5-14(11-15)13-26-20(24)18-9-1-2-10-19(18)27(21(26)25)17-8-4-7-16(23)12-17/h1-12,20-21H,13,24-25H2. The van der Waals surface area contributed by atoms with Crippen molar-refractivity contribution in [1.29, 1.82) is 0 Å². The fourth-order valence-corrected chi connectivity index (χ4v) is 3.94. The fourth-order valence-electron chi connectivity index (χ4n) is 3.55. The smallest absolute Gasteiger partial charge is 0.141 e. The Bertz CT molecular complexity index is 962.